The van der Waals surface area contributed by atoms with E-state index in [2.05, 4.69) is 4.72 Å². The van der Waals surface area contributed by atoms with Gasteiger partial charge < -0.3 is 9.90 Å². The van der Waals surface area contributed by atoms with E-state index in [1.165, 1.54) is 24.3 Å². The number of rotatable bonds is 4. The minimum Gasteiger partial charge on any atom is -0.545 e. The van der Waals surface area contributed by atoms with Crippen LogP contribution in [0.3, 0.4) is 0 Å². The van der Waals surface area contributed by atoms with Crippen molar-refractivity contribution in [3.63, 3.8) is 0 Å². The Hall–Kier alpha value is -1.76. The molecule has 0 heterocycles. The lowest BCUT2D eigenvalue weighted by molar-refractivity contribution is -0.255. The third-order valence-electron chi connectivity index (χ3n) is 3.23. The smallest absolute Gasteiger partial charge is 0.263 e. The van der Waals surface area contributed by atoms with Gasteiger partial charge in [-0.2, -0.15) is 0 Å². The number of anilines is 1. The molecule has 5 nitrogen and oxygen atoms in total. The van der Waals surface area contributed by atoms with Crippen LogP contribution in [0.1, 0.15) is 21.5 Å². The van der Waals surface area contributed by atoms with Crippen molar-refractivity contribution in [2.75, 3.05) is 4.72 Å². The van der Waals surface area contributed by atoms with Gasteiger partial charge in [0.2, 0.25) is 0 Å². The van der Waals surface area contributed by atoms with Crippen LogP contribution in [0, 0.1) is 13.8 Å². The van der Waals surface area contributed by atoms with Gasteiger partial charge >= 0.3 is 0 Å². The molecule has 0 aromatic heterocycles. The minimum absolute atomic E-state index is 0.0549. The summed E-state index contributed by atoms with van der Waals surface area (Å²) < 4.78 is 27.5. The first-order valence-electron chi connectivity index (χ1n) is 6.43. The van der Waals surface area contributed by atoms with Gasteiger partial charge in [0, 0.05) is 10.7 Å². The molecule has 2 aromatic rings. The quantitative estimate of drug-likeness (QED) is 0.893. The summed E-state index contributed by atoms with van der Waals surface area (Å²) in [5, 5.41) is 11.1. The number of nitrogens with one attached hydrogen (secondary N) is 1. The molecule has 23 heavy (non-hydrogen) atoms. The Kier molecular flexibility index (Phi) is 4.89. The number of aromatic carboxylic acids is 1. The van der Waals surface area contributed by atoms with Gasteiger partial charge in [-0.05, 0) is 48.7 Å². The van der Waals surface area contributed by atoms with Gasteiger partial charge in [-0.3, -0.25) is 4.72 Å². The molecule has 0 aliphatic rings. The molecule has 0 aliphatic heterocycles. The SMILES string of the molecule is Cc1cc(Cl)c(C)c(S(=O)(=O)Nc2ccc(C(=O)[O-])cc2)c1Cl. The molecular formula is C15H12Cl2NO4S-. The normalized spacial score (nSPS) is 11.3. The number of aryl methyl sites for hydroxylation is 1. The van der Waals surface area contributed by atoms with Crippen LogP contribution in [0.4, 0.5) is 5.69 Å². The fourth-order valence-electron chi connectivity index (χ4n) is 2.01. The van der Waals surface area contributed by atoms with E-state index in [0.717, 1.165) is 0 Å². The molecule has 8 heteroatoms. The summed E-state index contributed by atoms with van der Waals surface area (Å²) in [7, 11) is -3.98. The van der Waals surface area contributed by atoms with Crippen molar-refractivity contribution in [1.29, 1.82) is 0 Å². The molecule has 122 valence electrons. The van der Waals surface area contributed by atoms with Crippen molar-refractivity contribution < 1.29 is 18.3 Å². The second-order valence-corrected chi connectivity index (χ2v) is 7.32. The number of hydrogen-bond donors (Lipinski definition) is 1. The second-order valence-electron chi connectivity index (χ2n) is 4.91. The lowest BCUT2D eigenvalue weighted by atomic mass is 10.2. The second kappa shape index (κ2) is 6.39. The van der Waals surface area contributed by atoms with Gasteiger partial charge in [0.15, 0.2) is 0 Å². The average Bonchev–Trinajstić information content (AvgIpc) is 2.45. The van der Waals surface area contributed by atoms with Crippen LogP contribution < -0.4 is 9.83 Å². The summed E-state index contributed by atoms with van der Waals surface area (Å²) in [6.07, 6.45) is 0. The zero-order valence-electron chi connectivity index (χ0n) is 12.2. The minimum atomic E-state index is -3.98. The summed E-state index contributed by atoms with van der Waals surface area (Å²) >= 11 is 12.2. The van der Waals surface area contributed by atoms with E-state index in [1.807, 2.05) is 0 Å². The van der Waals surface area contributed by atoms with E-state index in [9.17, 15) is 18.3 Å². The highest BCUT2D eigenvalue weighted by Crippen LogP contribution is 2.34. The number of benzene rings is 2. The van der Waals surface area contributed by atoms with Crippen molar-refractivity contribution >= 4 is 44.9 Å². The highest BCUT2D eigenvalue weighted by atomic mass is 35.5. The first-order valence-corrected chi connectivity index (χ1v) is 8.67. The Labute approximate surface area is 143 Å². The van der Waals surface area contributed by atoms with Crippen molar-refractivity contribution in [3.8, 4) is 0 Å². The van der Waals surface area contributed by atoms with Crippen LogP contribution in [-0.2, 0) is 10.0 Å². The van der Waals surface area contributed by atoms with Crippen molar-refractivity contribution in [3.05, 3.63) is 57.1 Å². The predicted octanol–water partition coefficient (Wildman–Crippen LogP) is 2.77. The molecule has 0 fully saturated rings. The summed E-state index contributed by atoms with van der Waals surface area (Å²) in [6, 6.07) is 6.72. The molecule has 2 rings (SSSR count). The number of carboxylic acid groups (broad SMARTS) is 1. The van der Waals surface area contributed by atoms with Crippen LogP contribution in [-0.4, -0.2) is 14.4 Å². The van der Waals surface area contributed by atoms with Gasteiger partial charge in [-0.25, -0.2) is 8.42 Å². The van der Waals surface area contributed by atoms with E-state index in [-0.39, 0.29) is 21.2 Å². The molecule has 0 atom stereocenters. The third kappa shape index (κ3) is 3.60. The predicted molar refractivity (Wildman–Crippen MR) is 87.5 cm³/mol. The van der Waals surface area contributed by atoms with Gasteiger partial charge in [0.05, 0.1) is 11.0 Å². The van der Waals surface area contributed by atoms with Gasteiger partial charge in [0.25, 0.3) is 10.0 Å². The summed E-state index contributed by atoms with van der Waals surface area (Å²) in [5.41, 5.74) is 1.01. The van der Waals surface area contributed by atoms with Crippen molar-refractivity contribution in [1.82, 2.24) is 0 Å². The topological polar surface area (TPSA) is 86.3 Å². The van der Waals surface area contributed by atoms with Crippen LogP contribution in [0.25, 0.3) is 0 Å². The Morgan fingerprint density at radius 1 is 1.13 bits per heavy atom. The first kappa shape index (κ1) is 17.6. The third-order valence-corrected chi connectivity index (χ3v) is 5.77. The molecule has 0 bridgehead atoms. The molecule has 0 radical (unpaired) electrons. The molecule has 2 aromatic carbocycles. The van der Waals surface area contributed by atoms with E-state index in [1.54, 1.807) is 19.9 Å². The molecule has 0 saturated heterocycles. The molecule has 0 amide bonds. The monoisotopic (exact) mass is 372 g/mol. The summed E-state index contributed by atoms with van der Waals surface area (Å²) in [4.78, 5) is 10.6. The fraction of sp³-hybridized carbons (Fsp3) is 0.133. The lowest BCUT2D eigenvalue weighted by Gasteiger charge is -2.15. The number of halogens is 2. The average molecular weight is 373 g/mol. The van der Waals surface area contributed by atoms with Gasteiger partial charge in [-0.1, -0.05) is 35.3 Å². The van der Waals surface area contributed by atoms with E-state index in [0.29, 0.717) is 16.1 Å². The Balaban J connectivity index is 2.46. The Morgan fingerprint density at radius 3 is 2.22 bits per heavy atom. The highest BCUT2D eigenvalue weighted by Gasteiger charge is 2.24. The standard InChI is InChI=1S/C15H13Cl2NO4S/c1-8-7-12(16)9(2)14(13(8)17)23(21,22)18-11-5-3-10(4-6-11)15(19)20/h3-7,18H,1-2H3,(H,19,20)/p-1. The van der Waals surface area contributed by atoms with Crippen LogP contribution in [0.15, 0.2) is 35.2 Å². The molecule has 0 spiro atoms. The van der Waals surface area contributed by atoms with E-state index < -0.39 is 16.0 Å². The molecule has 0 saturated carbocycles. The zero-order chi connectivity index (χ0) is 17.4. The largest absolute Gasteiger partial charge is 0.545 e. The van der Waals surface area contributed by atoms with Gasteiger partial charge in [0.1, 0.15) is 4.90 Å². The molecular weight excluding hydrogens is 361 g/mol. The molecule has 0 unspecified atom stereocenters. The number of hydrogen-bond acceptors (Lipinski definition) is 4. The summed E-state index contributed by atoms with van der Waals surface area (Å²) in [5.74, 6) is -1.34. The number of carbonyl (C=O) groups excluding carboxylic acids is 1. The zero-order valence-corrected chi connectivity index (χ0v) is 14.5. The van der Waals surface area contributed by atoms with Crippen LogP contribution in [0.2, 0.25) is 10.0 Å². The maximum atomic E-state index is 12.6. The number of carbonyl (C=O) groups is 1. The maximum absolute atomic E-state index is 12.6. The molecule has 0 aliphatic carbocycles. The van der Waals surface area contributed by atoms with Crippen molar-refractivity contribution in [2.45, 2.75) is 18.7 Å². The Morgan fingerprint density at radius 2 is 1.70 bits per heavy atom. The lowest BCUT2D eigenvalue weighted by Crippen LogP contribution is -2.22. The fourth-order valence-corrected chi connectivity index (χ4v) is 4.29. The number of carboxylic acids is 1. The van der Waals surface area contributed by atoms with Crippen LogP contribution >= 0.6 is 23.2 Å². The highest BCUT2D eigenvalue weighted by molar-refractivity contribution is 7.93. The van der Waals surface area contributed by atoms with Gasteiger partial charge in [-0.15, -0.1) is 0 Å². The first-order chi connectivity index (χ1) is 10.6. The molecule has 1 N–H and O–H groups in total. The van der Waals surface area contributed by atoms with E-state index >= 15 is 0 Å². The number of sulfonamides is 1. The van der Waals surface area contributed by atoms with Crippen molar-refractivity contribution in [2.24, 2.45) is 0 Å². The Bertz CT molecular complexity index is 851. The maximum Gasteiger partial charge on any atom is 0.263 e. The summed E-state index contributed by atoms with van der Waals surface area (Å²) in [6.45, 7) is 3.21. The van der Waals surface area contributed by atoms with Crippen LogP contribution in [0.5, 0.6) is 0 Å². The van der Waals surface area contributed by atoms with E-state index in [4.69, 9.17) is 23.2 Å².